The molecule has 0 saturated heterocycles. The lowest BCUT2D eigenvalue weighted by Crippen LogP contribution is -2.31. The molecule has 4 heteroatoms. The lowest BCUT2D eigenvalue weighted by Gasteiger charge is -2.22. The van der Waals surface area contributed by atoms with Gasteiger partial charge in [-0.15, -0.1) is 0 Å². The van der Waals surface area contributed by atoms with Crippen molar-refractivity contribution in [2.24, 2.45) is 0 Å². The zero-order chi connectivity index (χ0) is 11.1. The van der Waals surface area contributed by atoms with Crippen molar-refractivity contribution in [3.8, 4) is 0 Å². The van der Waals surface area contributed by atoms with Crippen molar-refractivity contribution in [2.75, 3.05) is 6.54 Å². The topological polar surface area (TPSA) is 59.1 Å². The minimum absolute atomic E-state index is 0.383. The van der Waals surface area contributed by atoms with Gasteiger partial charge in [-0.05, 0) is 12.1 Å². The Hall–Kier alpha value is -2.23. The molecule has 1 aromatic rings. The molecule has 0 fully saturated rings. The Kier molecular flexibility index (Phi) is 1.77. The lowest BCUT2D eigenvalue weighted by atomic mass is 9.89. The van der Waals surface area contributed by atoms with E-state index < -0.39 is 11.6 Å². The van der Waals surface area contributed by atoms with E-state index in [0.717, 1.165) is 0 Å². The molecule has 0 radical (unpaired) electrons. The van der Waals surface area contributed by atoms with Gasteiger partial charge in [0, 0.05) is 12.7 Å². The second kappa shape index (κ2) is 3.13. The normalized spacial score (nSPS) is 18.0. The van der Waals surface area contributed by atoms with Crippen LogP contribution in [0.3, 0.4) is 0 Å². The van der Waals surface area contributed by atoms with Gasteiger partial charge in [0.25, 0.3) is 0 Å². The Morgan fingerprint density at radius 3 is 3.00 bits per heavy atom. The maximum Gasteiger partial charge on any atom is 0.235 e. The van der Waals surface area contributed by atoms with Gasteiger partial charge in [0.05, 0.1) is 22.5 Å². The van der Waals surface area contributed by atoms with E-state index in [1.165, 1.54) is 0 Å². The first-order chi connectivity index (χ1) is 7.79. The molecule has 0 bridgehead atoms. The second-order valence-corrected chi connectivity index (χ2v) is 3.63. The predicted octanol–water partition coefficient (Wildman–Crippen LogP) is 0.717. The van der Waals surface area contributed by atoms with Crippen LogP contribution in [0, 0.1) is 0 Å². The molecule has 0 atom stereocenters. The lowest BCUT2D eigenvalue weighted by molar-refractivity contribution is -0.111. The third kappa shape index (κ3) is 1.07. The van der Waals surface area contributed by atoms with Crippen molar-refractivity contribution < 1.29 is 9.59 Å². The van der Waals surface area contributed by atoms with Crippen molar-refractivity contribution in [3.05, 3.63) is 47.3 Å². The van der Waals surface area contributed by atoms with Crippen LogP contribution < -0.4 is 5.32 Å². The molecule has 0 saturated carbocycles. The summed E-state index contributed by atoms with van der Waals surface area (Å²) in [6, 6.07) is 3.29. The summed E-state index contributed by atoms with van der Waals surface area (Å²) in [5, 5.41) is 3.09. The average molecular weight is 212 g/mol. The molecular weight excluding hydrogens is 204 g/mol. The fraction of sp³-hybridized carbons (Fsp3) is 0.0833. The van der Waals surface area contributed by atoms with Crippen LogP contribution in [0.2, 0.25) is 0 Å². The van der Waals surface area contributed by atoms with Crippen LogP contribution in [0.25, 0.3) is 5.70 Å². The first-order valence-electron chi connectivity index (χ1n) is 4.98. The number of Topliss-reactive ketones (excluding diaryl/α,β-unsaturated/α-hetero) is 2. The zero-order valence-corrected chi connectivity index (χ0v) is 8.36. The minimum Gasteiger partial charge on any atom is -0.379 e. The number of aromatic nitrogens is 1. The van der Waals surface area contributed by atoms with Gasteiger partial charge in [-0.3, -0.25) is 14.6 Å². The Balaban J connectivity index is 2.33. The zero-order valence-electron chi connectivity index (χ0n) is 8.36. The van der Waals surface area contributed by atoms with Crippen LogP contribution in [0.5, 0.6) is 0 Å². The number of dihydropyridines is 1. The van der Waals surface area contributed by atoms with Gasteiger partial charge in [0.2, 0.25) is 11.6 Å². The molecule has 4 nitrogen and oxygen atoms in total. The molecule has 1 aromatic heterocycles. The van der Waals surface area contributed by atoms with Gasteiger partial charge in [-0.25, -0.2) is 0 Å². The maximum absolute atomic E-state index is 11.8. The molecule has 0 amide bonds. The molecule has 1 N–H and O–H groups in total. The van der Waals surface area contributed by atoms with Crippen molar-refractivity contribution in [2.45, 2.75) is 0 Å². The summed E-state index contributed by atoms with van der Waals surface area (Å²) in [4.78, 5) is 27.7. The SMILES string of the molecule is O=C1C(=O)c2cccnc2C2=C1C=CCN2. The first-order valence-corrected chi connectivity index (χ1v) is 4.98. The largest absolute Gasteiger partial charge is 0.379 e. The van der Waals surface area contributed by atoms with Gasteiger partial charge in [-0.2, -0.15) is 0 Å². The van der Waals surface area contributed by atoms with Crippen molar-refractivity contribution in [1.82, 2.24) is 10.3 Å². The summed E-state index contributed by atoms with van der Waals surface area (Å²) in [5.74, 6) is -0.936. The van der Waals surface area contributed by atoms with Gasteiger partial charge >= 0.3 is 0 Å². The third-order valence-electron chi connectivity index (χ3n) is 2.69. The standard InChI is InChI=1S/C12H8N2O2/c15-11-7-3-1-5-13-9(7)10-8(12(11)16)4-2-6-14-10/h1-5,14H,6H2. The van der Waals surface area contributed by atoms with Crippen LogP contribution in [-0.2, 0) is 4.79 Å². The van der Waals surface area contributed by atoms with Crippen LogP contribution in [-0.4, -0.2) is 23.1 Å². The Morgan fingerprint density at radius 2 is 2.12 bits per heavy atom. The molecule has 2 aliphatic rings. The number of nitrogens with one attached hydrogen (secondary N) is 1. The molecule has 0 unspecified atom stereocenters. The van der Waals surface area contributed by atoms with Gasteiger partial charge < -0.3 is 5.32 Å². The highest BCUT2D eigenvalue weighted by atomic mass is 16.2. The molecule has 1 aliphatic carbocycles. The third-order valence-corrected chi connectivity index (χ3v) is 2.69. The van der Waals surface area contributed by atoms with E-state index in [4.69, 9.17) is 0 Å². The number of pyridine rings is 1. The van der Waals surface area contributed by atoms with Crippen LogP contribution >= 0.6 is 0 Å². The molecule has 78 valence electrons. The number of ketones is 2. The average Bonchev–Trinajstić information content (AvgIpc) is 2.36. The van der Waals surface area contributed by atoms with E-state index in [-0.39, 0.29) is 0 Å². The van der Waals surface area contributed by atoms with E-state index >= 15 is 0 Å². The monoisotopic (exact) mass is 212 g/mol. The molecule has 1 aliphatic heterocycles. The predicted molar refractivity (Wildman–Crippen MR) is 57.6 cm³/mol. The van der Waals surface area contributed by atoms with E-state index in [9.17, 15) is 9.59 Å². The van der Waals surface area contributed by atoms with Gasteiger partial charge in [-0.1, -0.05) is 12.2 Å². The number of fused-ring (bicyclic) bond motifs is 2. The minimum atomic E-state index is -0.477. The molecule has 16 heavy (non-hydrogen) atoms. The Morgan fingerprint density at radius 1 is 1.25 bits per heavy atom. The quantitative estimate of drug-likeness (QED) is 0.644. The highest BCUT2D eigenvalue weighted by Gasteiger charge is 2.32. The molecular formula is C12H8N2O2. The molecule has 0 spiro atoms. The van der Waals surface area contributed by atoms with Gasteiger partial charge in [0.1, 0.15) is 0 Å². The number of carbonyl (C=O) groups excluding carboxylic acids is 2. The van der Waals surface area contributed by atoms with Crippen molar-refractivity contribution in [1.29, 1.82) is 0 Å². The summed E-state index contributed by atoms with van der Waals surface area (Å²) in [5.41, 5.74) is 2.05. The summed E-state index contributed by atoms with van der Waals surface area (Å²) in [7, 11) is 0. The Bertz CT molecular complexity index is 570. The number of hydrogen-bond acceptors (Lipinski definition) is 4. The fourth-order valence-electron chi connectivity index (χ4n) is 1.95. The number of carbonyl (C=O) groups is 2. The van der Waals surface area contributed by atoms with Gasteiger partial charge in [0.15, 0.2) is 0 Å². The fourth-order valence-corrected chi connectivity index (χ4v) is 1.95. The van der Waals surface area contributed by atoms with E-state index in [0.29, 0.717) is 29.1 Å². The number of allylic oxidation sites excluding steroid dienone is 2. The summed E-state index contributed by atoms with van der Waals surface area (Å²) >= 11 is 0. The number of nitrogens with zero attached hydrogens (tertiary/aromatic N) is 1. The van der Waals surface area contributed by atoms with Crippen LogP contribution in [0.4, 0.5) is 0 Å². The summed E-state index contributed by atoms with van der Waals surface area (Å²) in [6.07, 6.45) is 5.12. The first kappa shape index (κ1) is 9.03. The summed E-state index contributed by atoms with van der Waals surface area (Å²) in [6.45, 7) is 0.649. The second-order valence-electron chi connectivity index (χ2n) is 3.63. The van der Waals surface area contributed by atoms with E-state index in [2.05, 4.69) is 10.3 Å². The Labute approximate surface area is 91.7 Å². The number of rotatable bonds is 0. The highest BCUT2D eigenvalue weighted by molar-refractivity contribution is 6.53. The molecule has 2 heterocycles. The van der Waals surface area contributed by atoms with E-state index in [1.54, 1.807) is 24.4 Å². The number of hydrogen-bond donors (Lipinski definition) is 1. The maximum atomic E-state index is 11.8. The van der Waals surface area contributed by atoms with E-state index in [1.807, 2.05) is 6.08 Å². The van der Waals surface area contributed by atoms with Crippen molar-refractivity contribution >= 4 is 17.3 Å². The van der Waals surface area contributed by atoms with Crippen LogP contribution in [0.15, 0.2) is 36.1 Å². The smallest absolute Gasteiger partial charge is 0.235 e. The van der Waals surface area contributed by atoms with Crippen molar-refractivity contribution in [3.63, 3.8) is 0 Å². The molecule has 0 aromatic carbocycles. The summed E-state index contributed by atoms with van der Waals surface area (Å²) < 4.78 is 0. The molecule has 3 rings (SSSR count). The highest BCUT2D eigenvalue weighted by Crippen LogP contribution is 2.27. The van der Waals surface area contributed by atoms with Crippen LogP contribution in [0.1, 0.15) is 16.1 Å².